The van der Waals surface area contributed by atoms with Gasteiger partial charge in [0.15, 0.2) is 11.5 Å². The summed E-state index contributed by atoms with van der Waals surface area (Å²) in [6.45, 7) is 4.38. The van der Waals surface area contributed by atoms with Crippen molar-refractivity contribution in [3.05, 3.63) is 70.4 Å². The molecule has 0 unspecified atom stereocenters. The van der Waals surface area contributed by atoms with Crippen LogP contribution in [0.25, 0.3) is 11.1 Å². The number of thiophene rings is 1. The molecule has 3 heterocycles. The van der Waals surface area contributed by atoms with Crippen molar-refractivity contribution in [1.82, 2.24) is 9.80 Å². The van der Waals surface area contributed by atoms with Gasteiger partial charge in [0.1, 0.15) is 0 Å². The van der Waals surface area contributed by atoms with E-state index in [4.69, 9.17) is 9.47 Å². The molecule has 1 amide bonds. The van der Waals surface area contributed by atoms with E-state index < -0.39 is 0 Å². The quantitative estimate of drug-likeness (QED) is 0.654. The molecule has 2 aromatic carbocycles. The third-order valence-corrected chi connectivity index (χ3v) is 6.35. The van der Waals surface area contributed by atoms with E-state index in [0.717, 1.165) is 60.2 Å². The highest BCUT2D eigenvalue weighted by atomic mass is 32.1. The number of hydrogen-bond acceptors (Lipinski definition) is 5. The van der Waals surface area contributed by atoms with E-state index in [9.17, 15) is 4.79 Å². The molecular formula is C23H22N2O3S. The van der Waals surface area contributed by atoms with Crippen molar-refractivity contribution in [2.45, 2.75) is 6.54 Å². The van der Waals surface area contributed by atoms with Gasteiger partial charge in [-0.3, -0.25) is 9.69 Å². The number of hydrogen-bond donors (Lipinski definition) is 0. The van der Waals surface area contributed by atoms with E-state index in [1.54, 1.807) is 0 Å². The lowest BCUT2D eigenvalue weighted by Gasteiger charge is -2.34. The normalized spacial score (nSPS) is 16.2. The van der Waals surface area contributed by atoms with E-state index in [2.05, 4.69) is 29.2 Å². The smallest absolute Gasteiger partial charge is 0.264 e. The first-order valence-corrected chi connectivity index (χ1v) is 10.7. The van der Waals surface area contributed by atoms with E-state index in [1.807, 2.05) is 40.6 Å². The molecule has 6 heteroatoms. The molecule has 1 fully saturated rings. The third-order valence-electron chi connectivity index (χ3n) is 5.45. The number of piperazine rings is 1. The Labute approximate surface area is 174 Å². The molecule has 5 rings (SSSR count). The fraction of sp³-hybridized carbons (Fsp3) is 0.261. The highest BCUT2D eigenvalue weighted by Gasteiger charge is 2.25. The van der Waals surface area contributed by atoms with Crippen molar-refractivity contribution >= 4 is 17.2 Å². The summed E-state index contributed by atoms with van der Waals surface area (Å²) in [5.41, 5.74) is 3.33. The Bertz CT molecular complexity index is 1010. The summed E-state index contributed by atoms with van der Waals surface area (Å²) < 4.78 is 10.9. The molecule has 0 aliphatic carbocycles. The van der Waals surface area contributed by atoms with Gasteiger partial charge >= 0.3 is 0 Å². The monoisotopic (exact) mass is 406 g/mol. The van der Waals surface area contributed by atoms with Crippen LogP contribution in [-0.2, 0) is 6.54 Å². The Balaban J connectivity index is 1.22. The zero-order valence-electron chi connectivity index (χ0n) is 16.0. The molecule has 0 saturated carbocycles. The van der Waals surface area contributed by atoms with Gasteiger partial charge in [-0.2, -0.15) is 0 Å². The van der Waals surface area contributed by atoms with Gasteiger partial charge in [-0.15, -0.1) is 11.3 Å². The van der Waals surface area contributed by atoms with Crippen LogP contribution in [-0.4, -0.2) is 48.7 Å². The Morgan fingerprint density at radius 1 is 0.931 bits per heavy atom. The van der Waals surface area contributed by atoms with Crippen LogP contribution >= 0.6 is 11.3 Å². The highest BCUT2D eigenvalue weighted by Crippen LogP contribution is 2.33. The molecule has 0 radical (unpaired) electrons. The van der Waals surface area contributed by atoms with Crippen molar-refractivity contribution in [3.8, 4) is 22.6 Å². The summed E-state index contributed by atoms with van der Waals surface area (Å²) >= 11 is 1.53. The number of benzene rings is 2. The molecule has 3 aromatic rings. The van der Waals surface area contributed by atoms with Gasteiger partial charge in [0, 0.05) is 38.3 Å². The number of fused-ring (bicyclic) bond motifs is 1. The van der Waals surface area contributed by atoms with Crippen LogP contribution in [0.3, 0.4) is 0 Å². The van der Waals surface area contributed by atoms with Crippen molar-refractivity contribution in [2.24, 2.45) is 0 Å². The number of amides is 1. The third kappa shape index (κ3) is 3.73. The summed E-state index contributed by atoms with van der Waals surface area (Å²) in [6.07, 6.45) is 0. The number of rotatable bonds is 4. The van der Waals surface area contributed by atoms with Crippen LogP contribution in [0.2, 0.25) is 0 Å². The van der Waals surface area contributed by atoms with Crippen LogP contribution in [0.1, 0.15) is 15.2 Å². The Morgan fingerprint density at radius 3 is 2.55 bits per heavy atom. The summed E-state index contributed by atoms with van der Waals surface area (Å²) in [6, 6.07) is 18.3. The second-order valence-corrected chi connectivity index (χ2v) is 8.20. The number of ether oxygens (including phenoxy) is 2. The minimum atomic E-state index is 0.140. The lowest BCUT2D eigenvalue weighted by molar-refractivity contribution is 0.0634. The minimum absolute atomic E-state index is 0.140. The van der Waals surface area contributed by atoms with Crippen LogP contribution in [0.4, 0.5) is 0 Å². The molecule has 2 aliphatic rings. The number of carbonyl (C=O) groups excluding carboxylic acids is 1. The Morgan fingerprint density at radius 2 is 1.72 bits per heavy atom. The standard InChI is InChI=1S/C23H22N2O3S/c26-23(22-19(8-13-29-22)18-4-2-1-3-5-18)25-11-9-24(10-12-25)15-17-6-7-20-21(14-17)28-16-27-20/h1-8,13-14H,9-12,15-16H2. The van der Waals surface area contributed by atoms with E-state index in [0.29, 0.717) is 6.79 Å². The maximum Gasteiger partial charge on any atom is 0.264 e. The molecule has 1 aromatic heterocycles. The molecular weight excluding hydrogens is 384 g/mol. The summed E-state index contributed by atoms with van der Waals surface area (Å²) in [5, 5.41) is 2.01. The maximum atomic E-state index is 13.1. The molecule has 2 aliphatic heterocycles. The predicted molar refractivity (Wildman–Crippen MR) is 114 cm³/mol. The topological polar surface area (TPSA) is 42.0 Å². The molecule has 0 N–H and O–H groups in total. The summed E-state index contributed by atoms with van der Waals surface area (Å²) in [5.74, 6) is 1.78. The molecule has 148 valence electrons. The van der Waals surface area contributed by atoms with Gasteiger partial charge in [-0.05, 0) is 34.7 Å². The molecule has 29 heavy (non-hydrogen) atoms. The largest absolute Gasteiger partial charge is 0.454 e. The van der Waals surface area contributed by atoms with Crippen molar-refractivity contribution in [3.63, 3.8) is 0 Å². The van der Waals surface area contributed by atoms with E-state index >= 15 is 0 Å². The van der Waals surface area contributed by atoms with E-state index in [-0.39, 0.29) is 5.91 Å². The lowest BCUT2D eigenvalue weighted by atomic mass is 10.1. The number of carbonyl (C=O) groups is 1. The first kappa shape index (κ1) is 18.2. The summed E-state index contributed by atoms with van der Waals surface area (Å²) in [4.78, 5) is 18.3. The first-order chi connectivity index (χ1) is 14.3. The second kappa shape index (κ2) is 7.89. The van der Waals surface area contributed by atoms with Crippen molar-refractivity contribution < 1.29 is 14.3 Å². The van der Waals surface area contributed by atoms with E-state index in [1.165, 1.54) is 16.9 Å². The fourth-order valence-electron chi connectivity index (χ4n) is 3.87. The van der Waals surface area contributed by atoms with Gasteiger partial charge in [0.25, 0.3) is 5.91 Å². The first-order valence-electron chi connectivity index (χ1n) is 9.81. The molecule has 5 nitrogen and oxygen atoms in total. The van der Waals surface area contributed by atoms with Crippen molar-refractivity contribution in [2.75, 3.05) is 33.0 Å². The lowest BCUT2D eigenvalue weighted by Crippen LogP contribution is -2.48. The van der Waals surface area contributed by atoms with Crippen molar-refractivity contribution in [1.29, 1.82) is 0 Å². The number of nitrogens with zero attached hydrogens (tertiary/aromatic N) is 2. The summed E-state index contributed by atoms with van der Waals surface area (Å²) in [7, 11) is 0. The Hall–Kier alpha value is -2.83. The molecule has 0 atom stereocenters. The SMILES string of the molecule is O=C(c1sccc1-c1ccccc1)N1CCN(Cc2ccc3c(c2)OCO3)CC1. The fourth-order valence-corrected chi connectivity index (χ4v) is 4.75. The molecule has 0 spiro atoms. The van der Waals surface area contributed by atoms with Crippen LogP contribution in [0, 0.1) is 0 Å². The second-order valence-electron chi connectivity index (χ2n) is 7.29. The van der Waals surface area contributed by atoms with Crippen LogP contribution in [0.5, 0.6) is 11.5 Å². The zero-order chi connectivity index (χ0) is 19.6. The predicted octanol–water partition coefficient (Wildman–Crippen LogP) is 4.10. The molecule has 0 bridgehead atoms. The minimum Gasteiger partial charge on any atom is -0.454 e. The van der Waals surface area contributed by atoms with Gasteiger partial charge in [0.05, 0.1) is 4.88 Å². The van der Waals surface area contributed by atoms with Crippen LogP contribution in [0.15, 0.2) is 60.0 Å². The van der Waals surface area contributed by atoms with Crippen LogP contribution < -0.4 is 9.47 Å². The molecule has 1 saturated heterocycles. The van der Waals surface area contributed by atoms with Gasteiger partial charge < -0.3 is 14.4 Å². The highest BCUT2D eigenvalue weighted by molar-refractivity contribution is 7.12. The maximum absolute atomic E-state index is 13.1. The average Bonchev–Trinajstić information content (AvgIpc) is 3.44. The van der Waals surface area contributed by atoms with Gasteiger partial charge in [-0.1, -0.05) is 36.4 Å². The zero-order valence-corrected chi connectivity index (χ0v) is 16.9. The van der Waals surface area contributed by atoms with Gasteiger partial charge in [-0.25, -0.2) is 0 Å². The average molecular weight is 407 g/mol. The van der Waals surface area contributed by atoms with Gasteiger partial charge in [0.2, 0.25) is 6.79 Å². The Kier molecular flexibility index (Phi) is 4.96.